The lowest BCUT2D eigenvalue weighted by Gasteiger charge is -2.13. The van der Waals surface area contributed by atoms with Crippen LogP contribution in [0, 0.1) is 0 Å². The molecule has 2 N–H and O–H groups in total. The summed E-state index contributed by atoms with van der Waals surface area (Å²) in [6, 6.07) is 7.97. The van der Waals surface area contributed by atoms with E-state index in [4.69, 9.17) is 0 Å². The zero-order chi connectivity index (χ0) is 10.4. The van der Waals surface area contributed by atoms with Gasteiger partial charge in [-0.2, -0.15) is 0 Å². The van der Waals surface area contributed by atoms with Crippen LogP contribution < -0.4 is 5.32 Å². The highest BCUT2D eigenvalue weighted by molar-refractivity contribution is 5.31. The Kier molecular flexibility index (Phi) is 4.47. The first-order chi connectivity index (χ1) is 6.74. The normalized spacial score (nSPS) is 12.7. The number of nitrogens with one attached hydrogen (secondary N) is 1. The van der Waals surface area contributed by atoms with E-state index in [1.54, 1.807) is 6.07 Å². The minimum atomic E-state index is 0.378. The fourth-order valence-electron chi connectivity index (χ4n) is 1.48. The van der Waals surface area contributed by atoms with Crippen LogP contribution in [-0.2, 0) is 6.54 Å². The summed E-state index contributed by atoms with van der Waals surface area (Å²) in [5, 5.41) is 12.9. The third-order valence-electron chi connectivity index (χ3n) is 2.35. The molecule has 2 heteroatoms. The fourth-order valence-corrected chi connectivity index (χ4v) is 1.48. The first-order valence-corrected chi connectivity index (χ1v) is 5.24. The SMILES string of the molecule is CCCC(C)NCc1ccccc1O. The molecule has 0 saturated heterocycles. The monoisotopic (exact) mass is 193 g/mol. The van der Waals surface area contributed by atoms with E-state index in [9.17, 15) is 5.11 Å². The van der Waals surface area contributed by atoms with Crippen LogP contribution in [0.4, 0.5) is 0 Å². The van der Waals surface area contributed by atoms with Crippen LogP contribution in [0.5, 0.6) is 5.75 Å². The van der Waals surface area contributed by atoms with Crippen molar-refractivity contribution in [3.05, 3.63) is 29.8 Å². The van der Waals surface area contributed by atoms with Gasteiger partial charge in [0.15, 0.2) is 0 Å². The fraction of sp³-hybridized carbons (Fsp3) is 0.500. The number of hydrogen-bond acceptors (Lipinski definition) is 2. The maximum Gasteiger partial charge on any atom is 0.120 e. The van der Waals surface area contributed by atoms with E-state index in [1.165, 1.54) is 12.8 Å². The highest BCUT2D eigenvalue weighted by atomic mass is 16.3. The standard InChI is InChI=1S/C12H19NO/c1-3-6-10(2)13-9-11-7-4-5-8-12(11)14/h4-5,7-8,10,13-14H,3,6,9H2,1-2H3. The van der Waals surface area contributed by atoms with Gasteiger partial charge in [-0.25, -0.2) is 0 Å². The molecule has 0 aromatic heterocycles. The Morgan fingerprint density at radius 2 is 2.07 bits per heavy atom. The molecule has 2 nitrogen and oxygen atoms in total. The van der Waals surface area contributed by atoms with Crippen LogP contribution in [-0.4, -0.2) is 11.1 Å². The third kappa shape index (κ3) is 3.38. The molecule has 0 spiro atoms. The lowest BCUT2D eigenvalue weighted by molar-refractivity contribution is 0.454. The van der Waals surface area contributed by atoms with Gasteiger partial charge in [0.1, 0.15) is 5.75 Å². The number of benzene rings is 1. The van der Waals surface area contributed by atoms with Crippen molar-refractivity contribution in [2.75, 3.05) is 0 Å². The van der Waals surface area contributed by atoms with Crippen LogP contribution in [0.25, 0.3) is 0 Å². The van der Waals surface area contributed by atoms with Gasteiger partial charge in [0.05, 0.1) is 0 Å². The largest absolute Gasteiger partial charge is 0.508 e. The van der Waals surface area contributed by atoms with Crippen molar-refractivity contribution < 1.29 is 5.11 Å². The Hall–Kier alpha value is -1.02. The molecule has 0 heterocycles. The highest BCUT2D eigenvalue weighted by Crippen LogP contribution is 2.15. The van der Waals surface area contributed by atoms with Crippen molar-refractivity contribution in [2.24, 2.45) is 0 Å². The Labute approximate surface area is 86.0 Å². The summed E-state index contributed by atoms with van der Waals surface area (Å²) in [4.78, 5) is 0. The van der Waals surface area contributed by atoms with Crippen molar-refractivity contribution in [2.45, 2.75) is 39.3 Å². The Morgan fingerprint density at radius 1 is 1.36 bits per heavy atom. The molecule has 1 atom stereocenters. The quantitative estimate of drug-likeness (QED) is 0.753. The molecule has 0 bridgehead atoms. The Balaban J connectivity index is 2.41. The lowest BCUT2D eigenvalue weighted by atomic mass is 10.1. The van der Waals surface area contributed by atoms with Gasteiger partial charge in [0, 0.05) is 18.2 Å². The second-order valence-corrected chi connectivity index (χ2v) is 3.70. The number of phenolic OH excluding ortho intramolecular Hbond substituents is 1. The molecule has 0 amide bonds. The minimum Gasteiger partial charge on any atom is -0.508 e. The third-order valence-corrected chi connectivity index (χ3v) is 2.35. The molecule has 0 aliphatic carbocycles. The first-order valence-electron chi connectivity index (χ1n) is 5.24. The zero-order valence-corrected chi connectivity index (χ0v) is 8.96. The van der Waals surface area contributed by atoms with Gasteiger partial charge in [-0.15, -0.1) is 0 Å². The highest BCUT2D eigenvalue weighted by Gasteiger charge is 2.02. The second-order valence-electron chi connectivity index (χ2n) is 3.70. The predicted octanol–water partition coefficient (Wildman–Crippen LogP) is 2.67. The Morgan fingerprint density at radius 3 is 2.71 bits per heavy atom. The molecule has 0 radical (unpaired) electrons. The van der Waals surface area contributed by atoms with E-state index < -0.39 is 0 Å². The average Bonchev–Trinajstić information content (AvgIpc) is 2.17. The maximum atomic E-state index is 9.51. The smallest absolute Gasteiger partial charge is 0.120 e. The van der Waals surface area contributed by atoms with Gasteiger partial charge >= 0.3 is 0 Å². The molecule has 78 valence electrons. The summed E-state index contributed by atoms with van der Waals surface area (Å²) in [5.74, 6) is 0.378. The maximum absolute atomic E-state index is 9.51. The number of hydrogen-bond donors (Lipinski definition) is 2. The topological polar surface area (TPSA) is 32.3 Å². The minimum absolute atomic E-state index is 0.378. The molecular weight excluding hydrogens is 174 g/mol. The molecule has 1 rings (SSSR count). The molecule has 1 unspecified atom stereocenters. The van der Waals surface area contributed by atoms with E-state index in [0.29, 0.717) is 11.8 Å². The van der Waals surface area contributed by atoms with Gasteiger partial charge in [0.25, 0.3) is 0 Å². The summed E-state index contributed by atoms with van der Waals surface area (Å²) in [7, 11) is 0. The van der Waals surface area contributed by atoms with Crippen molar-refractivity contribution in [3.63, 3.8) is 0 Å². The Bertz CT molecular complexity index is 273. The first kappa shape index (κ1) is 11.1. The molecule has 0 aliphatic heterocycles. The molecule has 14 heavy (non-hydrogen) atoms. The van der Waals surface area contributed by atoms with Gasteiger partial charge in [-0.3, -0.25) is 0 Å². The second kappa shape index (κ2) is 5.66. The van der Waals surface area contributed by atoms with E-state index in [0.717, 1.165) is 12.1 Å². The van der Waals surface area contributed by atoms with Crippen molar-refractivity contribution in [1.82, 2.24) is 5.32 Å². The van der Waals surface area contributed by atoms with Gasteiger partial charge < -0.3 is 10.4 Å². The number of aromatic hydroxyl groups is 1. The van der Waals surface area contributed by atoms with E-state index in [-0.39, 0.29) is 0 Å². The van der Waals surface area contributed by atoms with Crippen LogP contribution in [0.2, 0.25) is 0 Å². The number of rotatable bonds is 5. The van der Waals surface area contributed by atoms with Crippen LogP contribution in [0.15, 0.2) is 24.3 Å². The average molecular weight is 193 g/mol. The molecule has 0 fully saturated rings. The van der Waals surface area contributed by atoms with E-state index in [1.807, 2.05) is 18.2 Å². The van der Waals surface area contributed by atoms with Crippen LogP contribution in [0.1, 0.15) is 32.3 Å². The zero-order valence-electron chi connectivity index (χ0n) is 8.96. The number of para-hydroxylation sites is 1. The lowest BCUT2D eigenvalue weighted by Crippen LogP contribution is -2.25. The molecule has 0 saturated carbocycles. The van der Waals surface area contributed by atoms with Gasteiger partial charge in [-0.1, -0.05) is 31.5 Å². The number of phenols is 1. The summed E-state index contributed by atoms with van der Waals surface area (Å²) < 4.78 is 0. The van der Waals surface area contributed by atoms with Crippen molar-refractivity contribution >= 4 is 0 Å². The summed E-state index contributed by atoms with van der Waals surface area (Å²) in [6.45, 7) is 5.09. The van der Waals surface area contributed by atoms with Crippen LogP contribution in [0.3, 0.4) is 0 Å². The van der Waals surface area contributed by atoms with Crippen molar-refractivity contribution in [3.8, 4) is 5.75 Å². The molecular formula is C12H19NO. The van der Waals surface area contributed by atoms with Crippen molar-refractivity contribution in [1.29, 1.82) is 0 Å². The van der Waals surface area contributed by atoms with Gasteiger partial charge in [0.2, 0.25) is 0 Å². The predicted molar refractivity (Wildman–Crippen MR) is 59.3 cm³/mol. The summed E-state index contributed by atoms with van der Waals surface area (Å²) in [5.41, 5.74) is 0.968. The summed E-state index contributed by atoms with van der Waals surface area (Å²) >= 11 is 0. The van der Waals surface area contributed by atoms with Gasteiger partial charge in [-0.05, 0) is 19.4 Å². The summed E-state index contributed by atoms with van der Waals surface area (Å²) in [6.07, 6.45) is 2.36. The van der Waals surface area contributed by atoms with Crippen LogP contribution >= 0.6 is 0 Å². The van der Waals surface area contributed by atoms with E-state index in [2.05, 4.69) is 19.2 Å². The molecule has 1 aromatic rings. The molecule has 1 aromatic carbocycles. The van der Waals surface area contributed by atoms with E-state index >= 15 is 0 Å². The molecule has 0 aliphatic rings.